The predicted molar refractivity (Wildman–Crippen MR) is 114 cm³/mol. The van der Waals surface area contributed by atoms with Crippen molar-refractivity contribution in [3.05, 3.63) is 58.4 Å². The molecular formula is C22H27ClN4O2. The van der Waals surface area contributed by atoms with Crippen LogP contribution in [0.5, 0.6) is 5.75 Å². The van der Waals surface area contributed by atoms with Gasteiger partial charge in [0.15, 0.2) is 5.69 Å². The summed E-state index contributed by atoms with van der Waals surface area (Å²) in [7, 11) is 3.54. The fourth-order valence-corrected chi connectivity index (χ4v) is 4.53. The van der Waals surface area contributed by atoms with Crippen LogP contribution < -0.4 is 4.74 Å². The molecular weight excluding hydrogens is 388 g/mol. The Labute approximate surface area is 176 Å². The number of nitrogens with zero attached hydrogens (tertiary/aromatic N) is 4. The maximum atomic E-state index is 12.7. The predicted octanol–water partition coefficient (Wildman–Crippen LogP) is 3.18. The smallest absolute Gasteiger partial charge is 0.274 e. The van der Waals surface area contributed by atoms with Crippen LogP contribution in [0.1, 0.15) is 33.7 Å². The molecule has 154 valence electrons. The summed E-state index contributed by atoms with van der Waals surface area (Å²) in [5, 5.41) is 5.37. The van der Waals surface area contributed by atoms with E-state index in [0.717, 1.165) is 54.3 Å². The van der Waals surface area contributed by atoms with E-state index in [-0.39, 0.29) is 5.91 Å². The van der Waals surface area contributed by atoms with E-state index in [0.29, 0.717) is 24.9 Å². The van der Waals surface area contributed by atoms with Crippen LogP contribution in [0.25, 0.3) is 0 Å². The lowest BCUT2D eigenvalue weighted by Gasteiger charge is -2.33. The molecule has 4 rings (SSSR count). The van der Waals surface area contributed by atoms with Crippen LogP contribution >= 0.6 is 11.6 Å². The van der Waals surface area contributed by atoms with Crippen molar-refractivity contribution < 1.29 is 9.53 Å². The second-order valence-corrected chi connectivity index (χ2v) is 8.35. The minimum atomic E-state index is -0.0407. The van der Waals surface area contributed by atoms with E-state index in [2.05, 4.69) is 16.6 Å². The zero-order chi connectivity index (χ0) is 20.5. The number of halogens is 1. The van der Waals surface area contributed by atoms with Crippen molar-refractivity contribution >= 4 is 17.5 Å². The van der Waals surface area contributed by atoms with Crippen LogP contribution in [-0.2, 0) is 25.9 Å². The molecule has 1 amide bonds. The van der Waals surface area contributed by atoms with Gasteiger partial charge in [0, 0.05) is 55.1 Å². The third-order valence-corrected chi connectivity index (χ3v) is 6.01. The Bertz CT molecular complexity index is 937. The van der Waals surface area contributed by atoms with Crippen LogP contribution in [0.2, 0.25) is 5.02 Å². The van der Waals surface area contributed by atoms with Crippen molar-refractivity contribution in [3.63, 3.8) is 0 Å². The Morgan fingerprint density at radius 3 is 3.03 bits per heavy atom. The van der Waals surface area contributed by atoms with Crippen molar-refractivity contribution in [1.82, 2.24) is 19.6 Å². The molecule has 2 heterocycles. The standard InChI is InChI=1S/C22H27ClN4O2/c1-4-9-27-19-7-6-17(13-18(19)21(24-27)22(28)25(2)3)26-10-11-29-20-8-5-16(23)12-15(20)14-26/h4-5,8,12,17H,1,6-7,9-11,13-14H2,2-3H3. The summed E-state index contributed by atoms with van der Waals surface area (Å²) in [6.07, 6.45) is 4.58. The van der Waals surface area contributed by atoms with Gasteiger partial charge in [0.25, 0.3) is 5.91 Å². The molecule has 0 radical (unpaired) electrons. The lowest BCUT2D eigenvalue weighted by atomic mass is 9.89. The molecule has 1 aromatic carbocycles. The Hall–Kier alpha value is -2.31. The van der Waals surface area contributed by atoms with Crippen molar-refractivity contribution in [2.45, 2.75) is 38.4 Å². The number of carbonyl (C=O) groups excluding carboxylic acids is 1. The van der Waals surface area contributed by atoms with Crippen LogP contribution in [0.3, 0.4) is 0 Å². The summed E-state index contributed by atoms with van der Waals surface area (Å²) in [6, 6.07) is 6.15. The number of carbonyl (C=O) groups is 1. The van der Waals surface area contributed by atoms with Crippen LogP contribution in [0.4, 0.5) is 0 Å². The molecule has 1 unspecified atom stereocenters. The summed E-state index contributed by atoms with van der Waals surface area (Å²) in [4.78, 5) is 16.8. The second kappa shape index (κ2) is 8.20. The summed E-state index contributed by atoms with van der Waals surface area (Å²) in [6.45, 7) is 6.75. The molecule has 6 nitrogen and oxygen atoms in total. The van der Waals surface area contributed by atoms with E-state index in [9.17, 15) is 4.79 Å². The molecule has 0 fully saturated rings. The number of fused-ring (bicyclic) bond motifs is 2. The first-order chi connectivity index (χ1) is 14.0. The number of hydrogen-bond donors (Lipinski definition) is 0. The van der Waals surface area contributed by atoms with Gasteiger partial charge in [-0.3, -0.25) is 14.4 Å². The Morgan fingerprint density at radius 1 is 1.45 bits per heavy atom. The largest absolute Gasteiger partial charge is 0.492 e. The average molecular weight is 415 g/mol. The highest BCUT2D eigenvalue weighted by molar-refractivity contribution is 6.30. The van der Waals surface area contributed by atoms with E-state index in [4.69, 9.17) is 16.3 Å². The molecule has 0 saturated heterocycles. The van der Waals surface area contributed by atoms with Crippen LogP contribution in [0.15, 0.2) is 30.9 Å². The molecule has 7 heteroatoms. The average Bonchev–Trinajstić information content (AvgIpc) is 2.91. The van der Waals surface area contributed by atoms with Gasteiger partial charge in [0.05, 0.1) is 6.54 Å². The summed E-state index contributed by atoms with van der Waals surface area (Å²) in [5.41, 5.74) is 3.94. The molecule has 0 saturated carbocycles. The zero-order valence-electron chi connectivity index (χ0n) is 17.0. The number of allylic oxidation sites excluding steroid dienone is 1. The number of benzene rings is 1. The molecule has 2 aliphatic rings. The topological polar surface area (TPSA) is 50.6 Å². The number of amides is 1. The van der Waals surface area contributed by atoms with E-state index < -0.39 is 0 Å². The van der Waals surface area contributed by atoms with E-state index in [1.54, 1.807) is 19.0 Å². The molecule has 1 aliphatic carbocycles. The Balaban J connectivity index is 1.62. The second-order valence-electron chi connectivity index (χ2n) is 7.91. The monoisotopic (exact) mass is 414 g/mol. The highest BCUT2D eigenvalue weighted by Crippen LogP contribution is 2.32. The van der Waals surface area contributed by atoms with Gasteiger partial charge >= 0.3 is 0 Å². The van der Waals surface area contributed by atoms with Crippen LogP contribution in [-0.4, -0.2) is 58.8 Å². The molecule has 1 aliphatic heterocycles. The zero-order valence-corrected chi connectivity index (χ0v) is 17.8. The minimum Gasteiger partial charge on any atom is -0.492 e. The van der Waals surface area contributed by atoms with E-state index in [1.807, 2.05) is 29.0 Å². The van der Waals surface area contributed by atoms with E-state index >= 15 is 0 Å². The summed E-state index contributed by atoms with van der Waals surface area (Å²) < 4.78 is 7.88. The molecule has 0 N–H and O–H groups in total. The Kier molecular flexibility index (Phi) is 5.65. The fraction of sp³-hybridized carbons (Fsp3) is 0.455. The number of aromatic nitrogens is 2. The number of hydrogen-bond acceptors (Lipinski definition) is 4. The minimum absolute atomic E-state index is 0.0407. The highest BCUT2D eigenvalue weighted by Gasteiger charge is 2.33. The lowest BCUT2D eigenvalue weighted by Crippen LogP contribution is -2.40. The lowest BCUT2D eigenvalue weighted by molar-refractivity contribution is 0.0818. The molecule has 0 bridgehead atoms. The van der Waals surface area contributed by atoms with Crippen molar-refractivity contribution in [2.24, 2.45) is 0 Å². The molecule has 29 heavy (non-hydrogen) atoms. The molecule has 2 aromatic rings. The third-order valence-electron chi connectivity index (χ3n) is 5.78. The van der Waals surface area contributed by atoms with Gasteiger partial charge in [-0.15, -0.1) is 6.58 Å². The number of rotatable bonds is 4. The maximum absolute atomic E-state index is 12.7. The summed E-state index contributed by atoms with van der Waals surface area (Å²) in [5.74, 6) is 0.872. The van der Waals surface area contributed by atoms with Gasteiger partial charge < -0.3 is 9.64 Å². The third kappa shape index (κ3) is 3.91. The maximum Gasteiger partial charge on any atom is 0.274 e. The first-order valence-electron chi connectivity index (χ1n) is 10.0. The first-order valence-corrected chi connectivity index (χ1v) is 10.4. The van der Waals surface area contributed by atoms with Gasteiger partial charge in [-0.25, -0.2) is 0 Å². The Morgan fingerprint density at radius 2 is 2.28 bits per heavy atom. The summed E-state index contributed by atoms with van der Waals surface area (Å²) >= 11 is 6.21. The quantitative estimate of drug-likeness (QED) is 0.721. The van der Waals surface area contributed by atoms with Crippen molar-refractivity contribution in [2.75, 3.05) is 27.2 Å². The normalized spacial score (nSPS) is 18.9. The van der Waals surface area contributed by atoms with Gasteiger partial charge in [0.2, 0.25) is 0 Å². The van der Waals surface area contributed by atoms with Gasteiger partial charge in [-0.05, 0) is 37.5 Å². The van der Waals surface area contributed by atoms with Gasteiger partial charge in [0.1, 0.15) is 12.4 Å². The molecule has 0 spiro atoms. The van der Waals surface area contributed by atoms with E-state index in [1.165, 1.54) is 5.69 Å². The van der Waals surface area contributed by atoms with Crippen molar-refractivity contribution in [3.8, 4) is 5.75 Å². The van der Waals surface area contributed by atoms with Crippen molar-refractivity contribution in [1.29, 1.82) is 0 Å². The molecule has 1 aromatic heterocycles. The molecule has 1 atom stereocenters. The first kappa shape index (κ1) is 20.0. The van der Waals surface area contributed by atoms with Gasteiger partial charge in [-0.1, -0.05) is 17.7 Å². The number of ether oxygens (including phenoxy) is 1. The fourth-order valence-electron chi connectivity index (χ4n) is 4.33. The van der Waals surface area contributed by atoms with Gasteiger partial charge in [-0.2, -0.15) is 5.10 Å². The van der Waals surface area contributed by atoms with Crippen LogP contribution in [0, 0.1) is 0 Å². The SMILES string of the molecule is C=CCn1nc(C(=O)N(C)C)c2c1CCC(N1CCOc3ccc(Cl)cc3C1)C2. The highest BCUT2D eigenvalue weighted by atomic mass is 35.5.